The molecule has 0 radical (unpaired) electrons. The molecule has 118 valence electrons. The van der Waals surface area contributed by atoms with Gasteiger partial charge in [0, 0.05) is 0 Å². The van der Waals surface area contributed by atoms with Crippen LogP contribution >= 0.6 is 0 Å². The molecule has 0 saturated carbocycles. The third-order valence-electron chi connectivity index (χ3n) is 4.14. The van der Waals surface area contributed by atoms with Gasteiger partial charge in [-0.05, 0) is 18.4 Å². The molecule has 3 atom stereocenters. The molecule has 1 aromatic rings. The molecule has 22 heavy (non-hydrogen) atoms. The zero-order chi connectivity index (χ0) is 15.5. The summed E-state index contributed by atoms with van der Waals surface area (Å²) < 4.78 is 11.1. The molecule has 1 amide bonds. The highest BCUT2D eigenvalue weighted by atomic mass is 16.6. The molecule has 0 spiro atoms. The Morgan fingerprint density at radius 2 is 1.82 bits per heavy atom. The molecule has 1 N–H and O–H groups in total. The first-order valence-electron chi connectivity index (χ1n) is 7.45. The maximum absolute atomic E-state index is 12.1. The van der Waals surface area contributed by atoms with Gasteiger partial charge in [-0.15, -0.1) is 0 Å². The number of hydrogen-bond acceptors (Lipinski definition) is 4. The molecule has 6 heteroatoms. The number of rotatable bonds is 3. The third-order valence-corrected chi connectivity index (χ3v) is 4.14. The summed E-state index contributed by atoms with van der Waals surface area (Å²) in [5, 5.41) is 9.12. The van der Waals surface area contributed by atoms with Crippen LogP contribution in [0.1, 0.15) is 18.4 Å². The van der Waals surface area contributed by atoms with Crippen molar-refractivity contribution in [3.05, 3.63) is 35.9 Å². The highest BCUT2D eigenvalue weighted by Crippen LogP contribution is 2.30. The second-order valence-electron chi connectivity index (χ2n) is 5.83. The fourth-order valence-electron chi connectivity index (χ4n) is 3.08. The minimum atomic E-state index is -0.779. The summed E-state index contributed by atoms with van der Waals surface area (Å²) >= 11 is 0. The Balaban J connectivity index is 1.54. The van der Waals surface area contributed by atoms with Crippen LogP contribution in [-0.4, -0.2) is 47.4 Å². The lowest BCUT2D eigenvalue weighted by Crippen LogP contribution is -2.54. The van der Waals surface area contributed by atoms with Gasteiger partial charge in [0.15, 0.2) is 0 Å². The molecule has 0 aromatic heterocycles. The van der Waals surface area contributed by atoms with E-state index in [4.69, 9.17) is 14.6 Å². The lowest BCUT2D eigenvalue weighted by molar-refractivity contribution is -0.159. The summed E-state index contributed by atoms with van der Waals surface area (Å²) in [6.45, 7) is 1.03. The number of likely N-dealkylation sites (tertiary alicyclic amines) is 1. The zero-order valence-corrected chi connectivity index (χ0v) is 12.2. The number of nitrogens with zero attached hydrogens (tertiary/aromatic N) is 1. The van der Waals surface area contributed by atoms with Crippen LogP contribution in [0.15, 0.2) is 30.3 Å². The van der Waals surface area contributed by atoms with Crippen LogP contribution in [-0.2, 0) is 20.9 Å². The molecule has 2 aliphatic heterocycles. The van der Waals surface area contributed by atoms with E-state index < -0.39 is 5.97 Å². The molecular formula is C16H19NO5. The molecule has 3 rings (SSSR count). The Hall–Kier alpha value is -2.08. The van der Waals surface area contributed by atoms with E-state index in [2.05, 4.69) is 0 Å². The summed E-state index contributed by atoms with van der Waals surface area (Å²) in [4.78, 5) is 24.9. The summed E-state index contributed by atoms with van der Waals surface area (Å²) in [6, 6.07) is 9.51. The Labute approximate surface area is 128 Å². The summed E-state index contributed by atoms with van der Waals surface area (Å²) in [5.41, 5.74) is 0.940. The smallest absolute Gasteiger partial charge is 0.410 e. The van der Waals surface area contributed by atoms with Gasteiger partial charge in [0.05, 0.1) is 31.2 Å². The van der Waals surface area contributed by atoms with Crippen molar-refractivity contribution in [2.24, 2.45) is 5.92 Å². The number of morpholine rings is 1. The third kappa shape index (κ3) is 3.39. The number of carboxylic acid groups (broad SMARTS) is 1. The molecular weight excluding hydrogens is 286 g/mol. The van der Waals surface area contributed by atoms with E-state index >= 15 is 0 Å². The minimum Gasteiger partial charge on any atom is -0.481 e. The average molecular weight is 305 g/mol. The molecule has 2 saturated heterocycles. The largest absolute Gasteiger partial charge is 0.481 e. The molecule has 2 bridgehead atoms. The van der Waals surface area contributed by atoms with Gasteiger partial charge in [0.1, 0.15) is 6.61 Å². The van der Waals surface area contributed by atoms with Crippen molar-refractivity contribution in [1.29, 1.82) is 0 Å². The van der Waals surface area contributed by atoms with E-state index in [-0.39, 0.29) is 30.8 Å². The number of carboxylic acids is 1. The summed E-state index contributed by atoms with van der Waals surface area (Å²) in [6.07, 6.45) is 0.120. The first-order valence-corrected chi connectivity index (χ1v) is 7.45. The van der Waals surface area contributed by atoms with Gasteiger partial charge >= 0.3 is 12.1 Å². The number of carbonyl (C=O) groups excluding carboxylic acids is 1. The molecule has 0 aliphatic carbocycles. The zero-order valence-electron chi connectivity index (χ0n) is 12.2. The molecule has 2 fully saturated rings. The second kappa shape index (κ2) is 6.36. The van der Waals surface area contributed by atoms with Gasteiger partial charge in [-0.3, -0.25) is 4.79 Å². The highest BCUT2D eigenvalue weighted by molar-refractivity contribution is 5.71. The van der Waals surface area contributed by atoms with Crippen molar-refractivity contribution in [2.45, 2.75) is 31.7 Å². The Morgan fingerprint density at radius 3 is 2.41 bits per heavy atom. The minimum absolute atomic E-state index is 0.210. The molecule has 1 unspecified atom stereocenters. The standard InChI is InChI=1S/C16H19NO5/c18-15(19)12-6-13-8-17(9-14(7-12)22-13)16(20)21-10-11-4-2-1-3-5-11/h1-5,12-14H,6-10H2,(H,18,19)/t12?,13-,14+. The van der Waals surface area contributed by atoms with E-state index in [1.54, 1.807) is 4.90 Å². The van der Waals surface area contributed by atoms with Crippen molar-refractivity contribution in [2.75, 3.05) is 13.1 Å². The first-order chi connectivity index (χ1) is 10.6. The van der Waals surface area contributed by atoms with Crippen LogP contribution in [0.5, 0.6) is 0 Å². The number of hydrogen-bond donors (Lipinski definition) is 1. The predicted octanol–water partition coefficient (Wildman–Crippen LogP) is 1.89. The van der Waals surface area contributed by atoms with E-state index in [1.807, 2.05) is 30.3 Å². The van der Waals surface area contributed by atoms with Gasteiger partial charge in [-0.2, -0.15) is 0 Å². The Morgan fingerprint density at radius 1 is 1.18 bits per heavy atom. The number of amides is 1. The first kappa shape index (κ1) is 14.8. The van der Waals surface area contributed by atoms with Gasteiger partial charge in [0.2, 0.25) is 0 Å². The molecule has 2 aliphatic rings. The van der Waals surface area contributed by atoms with E-state index in [0.29, 0.717) is 25.9 Å². The van der Waals surface area contributed by atoms with E-state index in [1.165, 1.54) is 0 Å². The van der Waals surface area contributed by atoms with Crippen molar-refractivity contribution < 1.29 is 24.2 Å². The molecule has 2 heterocycles. The van der Waals surface area contributed by atoms with Gasteiger partial charge in [0.25, 0.3) is 0 Å². The average Bonchev–Trinajstić information content (AvgIpc) is 2.52. The number of aliphatic carboxylic acids is 1. The fourth-order valence-corrected chi connectivity index (χ4v) is 3.08. The van der Waals surface area contributed by atoms with E-state index in [0.717, 1.165) is 5.56 Å². The Bertz CT molecular complexity index is 533. The quantitative estimate of drug-likeness (QED) is 0.923. The van der Waals surface area contributed by atoms with Crippen LogP contribution in [0.3, 0.4) is 0 Å². The normalized spacial score (nSPS) is 27.3. The fraction of sp³-hybridized carbons (Fsp3) is 0.500. The highest BCUT2D eigenvalue weighted by Gasteiger charge is 2.40. The predicted molar refractivity (Wildman–Crippen MR) is 77.2 cm³/mol. The van der Waals surface area contributed by atoms with Gasteiger partial charge in [-0.25, -0.2) is 4.79 Å². The van der Waals surface area contributed by atoms with Crippen LogP contribution < -0.4 is 0 Å². The summed E-state index contributed by atoms with van der Waals surface area (Å²) in [5.74, 6) is -1.15. The monoisotopic (exact) mass is 305 g/mol. The van der Waals surface area contributed by atoms with Crippen molar-refractivity contribution >= 4 is 12.1 Å². The number of fused-ring (bicyclic) bond motifs is 2. The maximum atomic E-state index is 12.1. The van der Waals surface area contributed by atoms with Crippen molar-refractivity contribution in [3.8, 4) is 0 Å². The SMILES string of the molecule is O=C(O)C1C[C@@H]2CN(C(=O)OCc3ccccc3)C[C@H](C1)O2. The molecule has 6 nitrogen and oxygen atoms in total. The van der Waals surface area contributed by atoms with Crippen LogP contribution in [0.4, 0.5) is 4.79 Å². The number of benzene rings is 1. The molecule has 1 aromatic carbocycles. The van der Waals surface area contributed by atoms with E-state index in [9.17, 15) is 9.59 Å². The van der Waals surface area contributed by atoms with Crippen molar-refractivity contribution in [3.63, 3.8) is 0 Å². The Kier molecular flexibility index (Phi) is 4.29. The lowest BCUT2D eigenvalue weighted by atomic mass is 9.89. The number of ether oxygens (including phenoxy) is 2. The van der Waals surface area contributed by atoms with Crippen molar-refractivity contribution in [1.82, 2.24) is 4.90 Å². The maximum Gasteiger partial charge on any atom is 0.410 e. The van der Waals surface area contributed by atoms with Crippen LogP contribution in [0, 0.1) is 5.92 Å². The second-order valence-corrected chi connectivity index (χ2v) is 5.83. The van der Waals surface area contributed by atoms with Crippen LogP contribution in [0.25, 0.3) is 0 Å². The summed E-state index contributed by atoms with van der Waals surface area (Å²) in [7, 11) is 0. The lowest BCUT2D eigenvalue weighted by Gasteiger charge is -2.42. The number of carbonyl (C=O) groups is 2. The topological polar surface area (TPSA) is 76.1 Å². The van der Waals surface area contributed by atoms with Crippen LogP contribution in [0.2, 0.25) is 0 Å². The van der Waals surface area contributed by atoms with Gasteiger partial charge < -0.3 is 19.5 Å². The van der Waals surface area contributed by atoms with Gasteiger partial charge in [-0.1, -0.05) is 30.3 Å².